The van der Waals surface area contributed by atoms with E-state index in [2.05, 4.69) is 5.32 Å². The summed E-state index contributed by atoms with van der Waals surface area (Å²) in [6.45, 7) is 3.08. The predicted octanol–water partition coefficient (Wildman–Crippen LogP) is 5.29. The van der Waals surface area contributed by atoms with E-state index in [1.807, 2.05) is 0 Å². The van der Waals surface area contributed by atoms with E-state index in [0.717, 1.165) is 16.4 Å². The van der Waals surface area contributed by atoms with Crippen molar-refractivity contribution in [3.63, 3.8) is 0 Å². The summed E-state index contributed by atoms with van der Waals surface area (Å²) >= 11 is 12.3. The number of hydrogen-bond acceptors (Lipinski definition) is 6. The van der Waals surface area contributed by atoms with E-state index in [1.54, 1.807) is 32.0 Å². The van der Waals surface area contributed by atoms with Gasteiger partial charge in [0.2, 0.25) is 11.8 Å². The Labute approximate surface area is 255 Å². The first-order chi connectivity index (χ1) is 20.0. The Balaban J connectivity index is 2.10. The highest BCUT2D eigenvalue weighted by Gasteiger charge is 2.34. The van der Waals surface area contributed by atoms with Crippen LogP contribution < -0.4 is 19.1 Å². The number of methoxy groups -OCH3 is 2. The van der Waals surface area contributed by atoms with Crippen LogP contribution in [0.4, 0.5) is 10.1 Å². The lowest BCUT2D eigenvalue weighted by atomic mass is 10.1. The van der Waals surface area contributed by atoms with Crippen molar-refractivity contribution < 1.29 is 31.9 Å². The molecule has 0 radical (unpaired) electrons. The SMILES string of the molecule is CCNC(=O)[C@@H](CC)N(Cc1ccc(Cl)c(Cl)c1)C(=O)CN(c1ccc(F)cc1)S(=O)(=O)c1ccc(OC)c(OC)c1. The molecule has 0 aliphatic carbocycles. The van der Waals surface area contributed by atoms with Gasteiger partial charge in [0.05, 0.1) is 34.8 Å². The molecule has 0 unspecified atom stereocenters. The van der Waals surface area contributed by atoms with Gasteiger partial charge in [-0.3, -0.25) is 13.9 Å². The summed E-state index contributed by atoms with van der Waals surface area (Å²) < 4.78 is 53.2. The summed E-state index contributed by atoms with van der Waals surface area (Å²) in [6.07, 6.45) is 0.248. The first-order valence-corrected chi connectivity index (χ1v) is 15.2. The molecular weight excluding hydrogens is 608 g/mol. The molecule has 3 rings (SSSR count). The zero-order valence-corrected chi connectivity index (χ0v) is 25.9. The lowest BCUT2D eigenvalue weighted by Crippen LogP contribution is -2.52. The predicted molar refractivity (Wildman–Crippen MR) is 160 cm³/mol. The lowest BCUT2D eigenvalue weighted by molar-refractivity contribution is -0.140. The van der Waals surface area contributed by atoms with Gasteiger partial charge in [-0.2, -0.15) is 0 Å². The molecule has 0 aliphatic heterocycles. The normalized spacial score (nSPS) is 11.9. The van der Waals surface area contributed by atoms with Crippen molar-refractivity contribution in [1.82, 2.24) is 10.2 Å². The van der Waals surface area contributed by atoms with E-state index in [4.69, 9.17) is 32.7 Å². The van der Waals surface area contributed by atoms with Gasteiger partial charge in [-0.05, 0) is 67.4 Å². The van der Waals surface area contributed by atoms with Gasteiger partial charge >= 0.3 is 0 Å². The van der Waals surface area contributed by atoms with Crippen LogP contribution in [0.3, 0.4) is 0 Å². The van der Waals surface area contributed by atoms with E-state index in [9.17, 15) is 22.4 Å². The molecule has 2 amide bonds. The summed E-state index contributed by atoms with van der Waals surface area (Å²) in [6, 6.07) is 12.6. The average molecular weight is 641 g/mol. The summed E-state index contributed by atoms with van der Waals surface area (Å²) in [7, 11) is -1.64. The van der Waals surface area contributed by atoms with E-state index < -0.39 is 40.2 Å². The average Bonchev–Trinajstić information content (AvgIpc) is 2.97. The highest BCUT2D eigenvalue weighted by atomic mass is 35.5. The van der Waals surface area contributed by atoms with Gasteiger partial charge in [0, 0.05) is 19.2 Å². The molecule has 1 N–H and O–H groups in total. The van der Waals surface area contributed by atoms with Gasteiger partial charge in [-0.1, -0.05) is 36.2 Å². The summed E-state index contributed by atoms with van der Waals surface area (Å²) in [4.78, 5) is 28.2. The van der Waals surface area contributed by atoms with Gasteiger partial charge < -0.3 is 19.7 Å². The molecule has 226 valence electrons. The number of sulfonamides is 1. The van der Waals surface area contributed by atoms with Crippen molar-refractivity contribution in [2.75, 3.05) is 31.6 Å². The Morgan fingerprint density at radius 3 is 2.17 bits per heavy atom. The fourth-order valence-electron chi connectivity index (χ4n) is 4.29. The molecule has 0 saturated heterocycles. The van der Waals surface area contributed by atoms with Crippen molar-refractivity contribution in [2.24, 2.45) is 0 Å². The van der Waals surface area contributed by atoms with Crippen molar-refractivity contribution >= 4 is 50.7 Å². The zero-order valence-electron chi connectivity index (χ0n) is 23.6. The smallest absolute Gasteiger partial charge is 0.264 e. The van der Waals surface area contributed by atoms with Gasteiger partial charge in [0.1, 0.15) is 18.4 Å². The van der Waals surface area contributed by atoms with Crippen LogP contribution in [0.2, 0.25) is 10.0 Å². The molecule has 0 heterocycles. The summed E-state index contributed by atoms with van der Waals surface area (Å²) in [5.41, 5.74) is 0.622. The second kappa shape index (κ2) is 14.6. The highest BCUT2D eigenvalue weighted by molar-refractivity contribution is 7.92. The maximum absolute atomic E-state index is 14.0. The Kier molecular flexibility index (Phi) is 11.4. The fourth-order valence-corrected chi connectivity index (χ4v) is 6.04. The van der Waals surface area contributed by atoms with E-state index in [0.29, 0.717) is 22.9 Å². The van der Waals surface area contributed by atoms with Crippen molar-refractivity contribution in [1.29, 1.82) is 0 Å². The third-order valence-corrected chi connectivity index (χ3v) is 8.92. The highest BCUT2D eigenvalue weighted by Crippen LogP contribution is 2.32. The van der Waals surface area contributed by atoms with E-state index in [-0.39, 0.29) is 34.3 Å². The molecule has 9 nitrogen and oxygen atoms in total. The molecular formula is C29H32Cl2FN3O6S. The van der Waals surface area contributed by atoms with Crippen LogP contribution in [0.1, 0.15) is 25.8 Å². The second-order valence-electron chi connectivity index (χ2n) is 9.09. The minimum absolute atomic E-state index is 0.0417. The largest absolute Gasteiger partial charge is 0.493 e. The van der Waals surface area contributed by atoms with Crippen molar-refractivity contribution in [3.05, 3.63) is 82.1 Å². The molecule has 13 heteroatoms. The second-order valence-corrected chi connectivity index (χ2v) is 11.8. The van der Waals surface area contributed by atoms with Gasteiger partial charge in [-0.15, -0.1) is 0 Å². The molecule has 0 aromatic heterocycles. The Hall–Kier alpha value is -3.54. The van der Waals surface area contributed by atoms with Crippen LogP contribution >= 0.6 is 23.2 Å². The Morgan fingerprint density at radius 1 is 0.929 bits per heavy atom. The summed E-state index contributed by atoms with van der Waals surface area (Å²) in [5, 5.41) is 3.31. The van der Waals surface area contributed by atoms with Crippen LogP contribution in [0.25, 0.3) is 0 Å². The molecule has 0 bridgehead atoms. The third kappa shape index (κ3) is 7.64. The van der Waals surface area contributed by atoms with E-state index >= 15 is 0 Å². The van der Waals surface area contributed by atoms with Gasteiger partial charge in [-0.25, -0.2) is 12.8 Å². The molecule has 0 fully saturated rings. The third-order valence-electron chi connectivity index (χ3n) is 6.41. The number of anilines is 1. The summed E-state index contributed by atoms with van der Waals surface area (Å²) in [5.74, 6) is -1.19. The first-order valence-electron chi connectivity index (χ1n) is 13.0. The van der Waals surface area contributed by atoms with Crippen LogP contribution in [0.15, 0.2) is 65.6 Å². The standard InChI is InChI=1S/C29H32Cl2FN3O6S/c1-5-25(29(37)33-6-2)34(17-19-7-13-23(30)24(31)15-19)28(36)18-35(21-10-8-20(32)9-11-21)42(38,39)22-12-14-26(40-3)27(16-22)41-4/h7-16,25H,5-6,17-18H2,1-4H3,(H,33,37)/t25-/m1/s1. The minimum atomic E-state index is -4.41. The van der Waals surface area contributed by atoms with Crippen molar-refractivity contribution in [3.8, 4) is 11.5 Å². The Bertz CT molecular complexity index is 1520. The number of benzene rings is 3. The maximum atomic E-state index is 14.0. The quantitative estimate of drug-likeness (QED) is 0.273. The van der Waals surface area contributed by atoms with Gasteiger partial charge in [0.25, 0.3) is 10.0 Å². The molecule has 1 atom stereocenters. The number of rotatable bonds is 13. The number of carbonyl (C=O) groups excluding carboxylic acids is 2. The van der Waals surface area contributed by atoms with Crippen molar-refractivity contribution in [2.45, 2.75) is 37.8 Å². The number of nitrogens with one attached hydrogen (secondary N) is 1. The number of amides is 2. The van der Waals surface area contributed by atoms with Crippen LogP contribution in [-0.2, 0) is 26.2 Å². The molecule has 0 saturated carbocycles. The zero-order chi connectivity index (χ0) is 31.0. The fraction of sp³-hybridized carbons (Fsp3) is 0.310. The molecule has 3 aromatic rings. The van der Waals surface area contributed by atoms with Crippen LogP contribution in [0, 0.1) is 5.82 Å². The first kappa shape index (κ1) is 33.0. The lowest BCUT2D eigenvalue weighted by Gasteiger charge is -2.33. The number of nitrogens with zero attached hydrogens (tertiary/aromatic N) is 2. The number of likely N-dealkylation sites (N-methyl/N-ethyl adjacent to an activating group) is 1. The Morgan fingerprint density at radius 2 is 1.60 bits per heavy atom. The molecule has 3 aromatic carbocycles. The van der Waals surface area contributed by atoms with Gasteiger partial charge in [0.15, 0.2) is 11.5 Å². The number of hydrogen-bond donors (Lipinski definition) is 1. The number of halogens is 3. The van der Waals surface area contributed by atoms with E-state index in [1.165, 1.54) is 49.5 Å². The number of carbonyl (C=O) groups is 2. The number of ether oxygens (including phenoxy) is 2. The monoisotopic (exact) mass is 639 g/mol. The maximum Gasteiger partial charge on any atom is 0.264 e. The topological polar surface area (TPSA) is 105 Å². The van der Waals surface area contributed by atoms with Crippen LogP contribution in [0.5, 0.6) is 11.5 Å². The molecule has 0 spiro atoms. The van der Waals surface area contributed by atoms with Crippen LogP contribution in [-0.4, -0.2) is 58.5 Å². The molecule has 0 aliphatic rings. The molecule has 42 heavy (non-hydrogen) atoms. The minimum Gasteiger partial charge on any atom is -0.493 e.